The summed E-state index contributed by atoms with van der Waals surface area (Å²) in [6, 6.07) is 9.72. The average molecular weight is 398 g/mol. The molecule has 0 heterocycles. The van der Waals surface area contributed by atoms with Crippen LogP contribution in [0.1, 0.15) is 6.92 Å². The van der Waals surface area contributed by atoms with E-state index >= 15 is 0 Å². The molecule has 2 aromatic rings. The Labute approximate surface area is 161 Å². The molecule has 0 bridgehead atoms. The second kappa shape index (κ2) is 8.98. The fraction of sp³-hybridized carbons (Fsp3) is 0.222. The number of nitrogens with one attached hydrogen (secondary N) is 2. The first-order valence-electron chi connectivity index (χ1n) is 7.78. The van der Waals surface area contributed by atoms with E-state index in [0.29, 0.717) is 21.4 Å². The summed E-state index contributed by atoms with van der Waals surface area (Å²) < 4.78 is 13.1. The van der Waals surface area contributed by atoms with Crippen LogP contribution in [0.3, 0.4) is 0 Å². The zero-order chi connectivity index (χ0) is 19.3. The SMILES string of the molecule is C[C@H](C(=O)Nc1cc(Cl)ccc1Cl)N(C)CC(=O)Nc1cccc(F)c1. The van der Waals surface area contributed by atoms with Crippen LogP contribution in [0.5, 0.6) is 0 Å². The van der Waals surface area contributed by atoms with Crippen LogP contribution in [0, 0.1) is 5.82 Å². The van der Waals surface area contributed by atoms with Crippen molar-refractivity contribution in [1.29, 1.82) is 0 Å². The van der Waals surface area contributed by atoms with Gasteiger partial charge in [0, 0.05) is 10.7 Å². The Morgan fingerprint density at radius 3 is 2.58 bits per heavy atom. The van der Waals surface area contributed by atoms with Crippen LogP contribution >= 0.6 is 23.2 Å². The molecule has 2 rings (SSSR count). The normalized spacial score (nSPS) is 11.9. The smallest absolute Gasteiger partial charge is 0.241 e. The number of likely N-dealkylation sites (N-methyl/N-ethyl adjacent to an activating group) is 1. The van der Waals surface area contributed by atoms with E-state index in [1.54, 1.807) is 43.1 Å². The minimum absolute atomic E-state index is 0.0472. The number of amides is 2. The summed E-state index contributed by atoms with van der Waals surface area (Å²) in [4.78, 5) is 26.0. The Balaban J connectivity index is 1.93. The predicted molar refractivity (Wildman–Crippen MR) is 102 cm³/mol. The lowest BCUT2D eigenvalue weighted by Crippen LogP contribution is -2.43. The average Bonchev–Trinajstić information content (AvgIpc) is 2.57. The highest BCUT2D eigenvalue weighted by atomic mass is 35.5. The predicted octanol–water partition coefficient (Wildman–Crippen LogP) is 4.03. The van der Waals surface area contributed by atoms with Crippen molar-refractivity contribution in [3.05, 3.63) is 58.3 Å². The molecule has 2 aromatic carbocycles. The number of anilines is 2. The van der Waals surface area contributed by atoms with E-state index < -0.39 is 11.9 Å². The molecule has 0 fully saturated rings. The minimum atomic E-state index is -0.608. The van der Waals surface area contributed by atoms with Crippen LogP contribution in [0.4, 0.5) is 15.8 Å². The van der Waals surface area contributed by atoms with Crippen molar-refractivity contribution in [2.24, 2.45) is 0 Å². The molecule has 0 radical (unpaired) electrons. The van der Waals surface area contributed by atoms with E-state index in [1.807, 2.05) is 0 Å². The molecule has 0 saturated heterocycles. The van der Waals surface area contributed by atoms with Crippen LogP contribution in [-0.4, -0.2) is 36.3 Å². The van der Waals surface area contributed by atoms with Crippen molar-refractivity contribution in [1.82, 2.24) is 4.90 Å². The first-order chi connectivity index (χ1) is 12.3. The topological polar surface area (TPSA) is 61.4 Å². The second-order valence-electron chi connectivity index (χ2n) is 5.76. The number of benzene rings is 2. The van der Waals surface area contributed by atoms with E-state index in [4.69, 9.17) is 23.2 Å². The monoisotopic (exact) mass is 397 g/mol. The third-order valence-electron chi connectivity index (χ3n) is 3.73. The maximum absolute atomic E-state index is 13.1. The highest BCUT2D eigenvalue weighted by Crippen LogP contribution is 2.25. The van der Waals surface area contributed by atoms with Gasteiger partial charge in [-0.15, -0.1) is 0 Å². The largest absolute Gasteiger partial charge is 0.325 e. The third-order valence-corrected chi connectivity index (χ3v) is 4.29. The molecule has 1 atom stereocenters. The minimum Gasteiger partial charge on any atom is -0.325 e. The molecular weight excluding hydrogens is 380 g/mol. The first kappa shape index (κ1) is 20.2. The van der Waals surface area contributed by atoms with Crippen molar-refractivity contribution in [2.45, 2.75) is 13.0 Å². The Morgan fingerprint density at radius 1 is 1.15 bits per heavy atom. The molecule has 0 aliphatic rings. The molecule has 0 aliphatic heterocycles. The van der Waals surface area contributed by atoms with E-state index in [-0.39, 0.29) is 18.4 Å². The van der Waals surface area contributed by atoms with Gasteiger partial charge >= 0.3 is 0 Å². The maximum atomic E-state index is 13.1. The molecule has 0 spiro atoms. The van der Waals surface area contributed by atoms with E-state index in [2.05, 4.69) is 10.6 Å². The van der Waals surface area contributed by atoms with Crippen LogP contribution in [-0.2, 0) is 9.59 Å². The number of nitrogens with zero attached hydrogens (tertiary/aromatic N) is 1. The van der Waals surface area contributed by atoms with Gasteiger partial charge < -0.3 is 10.6 Å². The number of hydrogen-bond donors (Lipinski definition) is 2. The summed E-state index contributed by atoms with van der Waals surface area (Å²) in [5.74, 6) is -1.14. The molecule has 5 nitrogen and oxygen atoms in total. The molecule has 2 N–H and O–H groups in total. The van der Waals surface area contributed by atoms with Crippen molar-refractivity contribution >= 4 is 46.4 Å². The second-order valence-corrected chi connectivity index (χ2v) is 6.61. The van der Waals surface area contributed by atoms with Crippen LogP contribution in [0.2, 0.25) is 10.0 Å². The molecule has 8 heteroatoms. The van der Waals surface area contributed by atoms with Gasteiger partial charge in [-0.3, -0.25) is 14.5 Å². The van der Waals surface area contributed by atoms with Gasteiger partial charge in [-0.1, -0.05) is 29.3 Å². The van der Waals surface area contributed by atoms with Crippen molar-refractivity contribution in [2.75, 3.05) is 24.2 Å². The summed E-state index contributed by atoms with van der Waals surface area (Å²) >= 11 is 11.9. The van der Waals surface area contributed by atoms with Crippen molar-refractivity contribution in [3.8, 4) is 0 Å². The zero-order valence-corrected chi connectivity index (χ0v) is 15.7. The Kier molecular flexibility index (Phi) is 6.97. The third kappa shape index (κ3) is 5.69. The molecule has 0 aromatic heterocycles. The van der Waals surface area contributed by atoms with Crippen LogP contribution in [0.25, 0.3) is 0 Å². The Hall–Kier alpha value is -2.15. The lowest BCUT2D eigenvalue weighted by molar-refractivity contribution is -0.122. The van der Waals surface area contributed by atoms with Crippen LogP contribution in [0.15, 0.2) is 42.5 Å². The Bertz CT molecular complexity index is 817. The summed E-state index contributed by atoms with van der Waals surface area (Å²) in [5.41, 5.74) is 0.750. The molecule has 0 aliphatic carbocycles. The van der Waals surface area contributed by atoms with Gasteiger partial charge in [-0.25, -0.2) is 4.39 Å². The lowest BCUT2D eigenvalue weighted by Gasteiger charge is -2.23. The highest BCUT2D eigenvalue weighted by Gasteiger charge is 2.21. The van der Waals surface area contributed by atoms with Gasteiger partial charge in [0.15, 0.2) is 0 Å². The lowest BCUT2D eigenvalue weighted by atomic mass is 10.2. The summed E-state index contributed by atoms with van der Waals surface area (Å²) in [5, 5.41) is 6.07. The molecule has 0 unspecified atom stereocenters. The number of carbonyl (C=O) groups excluding carboxylic acids is 2. The van der Waals surface area contributed by atoms with Gasteiger partial charge in [0.25, 0.3) is 0 Å². The standard InChI is InChI=1S/C18H18Cl2FN3O2/c1-11(18(26)23-16-8-12(19)6-7-15(16)20)24(2)10-17(25)22-14-5-3-4-13(21)9-14/h3-9,11H,10H2,1-2H3,(H,22,25)(H,23,26)/t11-/m1/s1. The highest BCUT2D eigenvalue weighted by molar-refractivity contribution is 6.35. The fourth-order valence-electron chi connectivity index (χ4n) is 2.16. The van der Waals surface area contributed by atoms with E-state index in [1.165, 1.54) is 18.2 Å². The maximum Gasteiger partial charge on any atom is 0.241 e. The van der Waals surface area contributed by atoms with E-state index in [0.717, 1.165) is 0 Å². The quantitative estimate of drug-likeness (QED) is 0.773. The number of rotatable bonds is 6. The first-order valence-corrected chi connectivity index (χ1v) is 8.53. The van der Waals surface area contributed by atoms with Crippen LogP contribution < -0.4 is 10.6 Å². The molecule has 0 saturated carbocycles. The van der Waals surface area contributed by atoms with Crippen molar-refractivity contribution < 1.29 is 14.0 Å². The van der Waals surface area contributed by atoms with Crippen molar-refractivity contribution in [3.63, 3.8) is 0 Å². The number of carbonyl (C=O) groups is 2. The number of halogens is 3. The Morgan fingerprint density at radius 2 is 1.88 bits per heavy atom. The van der Waals surface area contributed by atoms with Gasteiger partial charge in [-0.2, -0.15) is 0 Å². The summed E-state index contributed by atoms with van der Waals surface area (Å²) in [7, 11) is 1.63. The molecule has 26 heavy (non-hydrogen) atoms. The van der Waals surface area contributed by atoms with Gasteiger partial charge in [-0.05, 0) is 50.4 Å². The summed E-state index contributed by atoms with van der Waals surface area (Å²) in [6.45, 7) is 1.61. The van der Waals surface area contributed by atoms with E-state index in [9.17, 15) is 14.0 Å². The van der Waals surface area contributed by atoms with Gasteiger partial charge in [0.1, 0.15) is 5.82 Å². The van der Waals surface area contributed by atoms with Gasteiger partial charge in [0.05, 0.1) is 23.3 Å². The molecule has 2 amide bonds. The van der Waals surface area contributed by atoms with Gasteiger partial charge in [0.2, 0.25) is 11.8 Å². The fourth-order valence-corrected chi connectivity index (χ4v) is 2.50. The molecular formula is C18H18Cl2FN3O2. The molecule has 138 valence electrons. The number of hydrogen-bond acceptors (Lipinski definition) is 3. The summed E-state index contributed by atoms with van der Waals surface area (Å²) in [6.07, 6.45) is 0. The zero-order valence-electron chi connectivity index (χ0n) is 14.2.